The van der Waals surface area contributed by atoms with E-state index < -0.39 is 22.4 Å². The number of urea groups is 1. The Bertz CT molecular complexity index is 1290. The van der Waals surface area contributed by atoms with Crippen molar-refractivity contribution in [2.45, 2.75) is 32.5 Å². The third-order valence-electron chi connectivity index (χ3n) is 6.39. The number of aryl methyl sites for hydroxylation is 2. The van der Waals surface area contributed by atoms with Crippen molar-refractivity contribution in [3.05, 3.63) is 104 Å². The van der Waals surface area contributed by atoms with Gasteiger partial charge in [-0.05, 0) is 25.0 Å². The second-order valence-corrected chi connectivity index (χ2v) is 8.76. The lowest BCUT2D eigenvalue weighted by atomic mass is 9.82. The summed E-state index contributed by atoms with van der Waals surface area (Å²) in [4.78, 5) is 39.4. The van der Waals surface area contributed by atoms with Gasteiger partial charge in [0.1, 0.15) is 5.75 Å². The normalized spacial score (nSPS) is 16.5. The molecule has 2 aliphatic heterocycles. The van der Waals surface area contributed by atoms with Gasteiger partial charge in [0.25, 0.3) is 11.6 Å². The molecule has 0 aliphatic carbocycles. The van der Waals surface area contributed by atoms with E-state index in [-0.39, 0.29) is 25.6 Å². The van der Waals surface area contributed by atoms with Gasteiger partial charge in [0, 0.05) is 23.3 Å². The maximum atomic E-state index is 14.0. The van der Waals surface area contributed by atoms with Crippen molar-refractivity contribution in [3.63, 3.8) is 0 Å². The lowest BCUT2D eigenvalue weighted by Crippen LogP contribution is -2.45. The monoisotopic (exact) mass is 473 g/mol. The molecule has 2 heterocycles. The number of rotatable bonds is 5. The van der Waals surface area contributed by atoms with Crippen LogP contribution in [0.25, 0.3) is 0 Å². The molecule has 0 bridgehead atoms. The number of ether oxygens (including phenoxy) is 2. The van der Waals surface area contributed by atoms with E-state index in [4.69, 9.17) is 9.47 Å². The van der Waals surface area contributed by atoms with Crippen molar-refractivity contribution in [2.24, 2.45) is 0 Å². The summed E-state index contributed by atoms with van der Waals surface area (Å²) < 4.78 is 10.9. The number of carbonyl (C=O) groups is 2. The van der Waals surface area contributed by atoms with Gasteiger partial charge in [0.15, 0.2) is 12.3 Å². The van der Waals surface area contributed by atoms with E-state index in [1.54, 1.807) is 0 Å². The molecule has 0 unspecified atom stereocenters. The van der Waals surface area contributed by atoms with E-state index in [9.17, 15) is 19.7 Å². The number of carbonyl (C=O) groups excluding carboxylic acids is 2. The van der Waals surface area contributed by atoms with E-state index in [0.717, 1.165) is 16.0 Å². The molecule has 178 valence electrons. The second kappa shape index (κ2) is 8.52. The van der Waals surface area contributed by atoms with Crippen LogP contribution in [-0.4, -0.2) is 28.6 Å². The highest BCUT2D eigenvalue weighted by Gasteiger charge is 2.53. The van der Waals surface area contributed by atoms with Gasteiger partial charge in [-0.1, -0.05) is 59.7 Å². The summed E-state index contributed by atoms with van der Waals surface area (Å²) in [5, 5.41) is 14.4. The summed E-state index contributed by atoms with van der Waals surface area (Å²) in [6.45, 7) is 3.82. The van der Waals surface area contributed by atoms with Gasteiger partial charge in [-0.25, -0.2) is 4.79 Å². The van der Waals surface area contributed by atoms with Crippen molar-refractivity contribution >= 4 is 17.6 Å². The van der Waals surface area contributed by atoms with Gasteiger partial charge in [-0.3, -0.25) is 19.8 Å². The molecule has 3 amide bonds. The number of nitrogens with one attached hydrogen (secondary N) is 1. The predicted octanol–water partition coefficient (Wildman–Crippen LogP) is 4.07. The zero-order valence-corrected chi connectivity index (χ0v) is 19.2. The van der Waals surface area contributed by atoms with E-state index in [2.05, 4.69) is 5.32 Å². The van der Waals surface area contributed by atoms with Crippen molar-refractivity contribution in [3.8, 4) is 5.75 Å². The Morgan fingerprint density at radius 2 is 1.60 bits per heavy atom. The fraction of sp³-hybridized carbons (Fsp3) is 0.231. The minimum Gasteiger partial charge on any atom is -0.467 e. The molecule has 1 fully saturated rings. The van der Waals surface area contributed by atoms with Gasteiger partial charge in [0.05, 0.1) is 18.1 Å². The summed E-state index contributed by atoms with van der Waals surface area (Å²) in [7, 11) is 0. The molecule has 0 radical (unpaired) electrons. The van der Waals surface area contributed by atoms with Gasteiger partial charge >= 0.3 is 6.03 Å². The van der Waals surface area contributed by atoms with Gasteiger partial charge in [0.2, 0.25) is 0 Å². The highest BCUT2D eigenvalue weighted by molar-refractivity contribution is 6.09. The Labute approximate surface area is 201 Å². The first-order chi connectivity index (χ1) is 16.8. The Balaban J connectivity index is 1.60. The number of non-ortho nitro benzene ring substituents is 1. The number of amides is 3. The summed E-state index contributed by atoms with van der Waals surface area (Å²) in [6.07, 6.45) is 0. The van der Waals surface area contributed by atoms with Gasteiger partial charge in [-0.2, -0.15) is 0 Å². The summed E-state index contributed by atoms with van der Waals surface area (Å²) in [5.74, 6) is -0.0758. The lowest BCUT2D eigenvalue weighted by Gasteiger charge is -2.28. The fourth-order valence-electron chi connectivity index (χ4n) is 4.56. The minimum absolute atomic E-state index is 0.0192. The van der Waals surface area contributed by atoms with Crippen molar-refractivity contribution in [1.82, 2.24) is 10.2 Å². The molecule has 9 nitrogen and oxygen atoms in total. The van der Waals surface area contributed by atoms with Crippen LogP contribution in [0.4, 0.5) is 10.5 Å². The molecule has 0 aromatic heterocycles. The number of nitro benzene ring substituents is 1. The van der Waals surface area contributed by atoms with E-state index in [0.29, 0.717) is 28.0 Å². The molecule has 0 atom stereocenters. The maximum absolute atomic E-state index is 14.0. The zero-order valence-electron chi connectivity index (χ0n) is 19.2. The minimum atomic E-state index is -1.43. The molecular formula is C26H23N3O6. The second-order valence-electron chi connectivity index (χ2n) is 8.76. The molecule has 1 saturated heterocycles. The molecule has 3 aromatic carbocycles. The molecule has 0 saturated carbocycles. The molecule has 2 aliphatic rings. The fourth-order valence-corrected chi connectivity index (χ4v) is 4.56. The summed E-state index contributed by atoms with van der Waals surface area (Å²) in [5.41, 5.74) is 2.55. The van der Waals surface area contributed by atoms with Crippen LogP contribution in [0.5, 0.6) is 5.75 Å². The zero-order chi connectivity index (χ0) is 24.7. The molecule has 1 N–H and O–H groups in total. The number of fused-ring (bicyclic) bond motifs is 1. The van der Waals surface area contributed by atoms with E-state index in [1.165, 1.54) is 12.1 Å². The maximum Gasteiger partial charge on any atom is 0.325 e. The van der Waals surface area contributed by atoms with Crippen LogP contribution in [0, 0.1) is 24.0 Å². The van der Waals surface area contributed by atoms with Crippen LogP contribution < -0.4 is 10.1 Å². The van der Waals surface area contributed by atoms with Crippen LogP contribution in [0.2, 0.25) is 0 Å². The van der Waals surface area contributed by atoms with Crippen LogP contribution in [0.1, 0.15) is 33.4 Å². The Morgan fingerprint density at radius 1 is 1.00 bits per heavy atom. The molecule has 5 rings (SSSR count). The number of benzene rings is 3. The standard InChI is InChI=1S/C26H23N3O6/c1-16-3-7-20(8-4-16)26(21-9-5-17(2)6-10-21)24(30)28(25(31)27-26)13-18-11-22(29(32)33)12-19-14-34-15-35-23(18)19/h3-12H,13-15H2,1-2H3,(H,27,31). The van der Waals surface area contributed by atoms with Gasteiger partial charge in [-0.15, -0.1) is 0 Å². The topological polar surface area (TPSA) is 111 Å². The third kappa shape index (κ3) is 3.79. The highest BCUT2D eigenvalue weighted by Crippen LogP contribution is 2.39. The molecule has 3 aromatic rings. The number of nitro groups is 1. The average Bonchev–Trinajstić information content (AvgIpc) is 3.10. The van der Waals surface area contributed by atoms with Crippen LogP contribution >= 0.6 is 0 Å². The Morgan fingerprint density at radius 3 is 2.17 bits per heavy atom. The Kier molecular flexibility index (Phi) is 5.49. The third-order valence-corrected chi connectivity index (χ3v) is 6.39. The van der Waals surface area contributed by atoms with E-state index >= 15 is 0 Å². The number of hydrogen-bond acceptors (Lipinski definition) is 6. The largest absolute Gasteiger partial charge is 0.467 e. The van der Waals surface area contributed by atoms with Crippen molar-refractivity contribution < 1.29 is 24.0 Å². The van der Waals surface area contributed by atoms with Crippen molar-refractivity contribution in [2.75, 3.05) is 6.79 Å². The molecule has 9 heteroatoms. The first-order valence-corrected chi connectivity index (χ1v) is 11.1. The van der Waals surface area contributed by atoms with Crippen LogP contribution in [-0.2, 0) is 28.2 Å². The molecule has 0 spiro atoms. The van der Waals surface area contributed by atoms with Crippen LogP contribution in [0.3, 0.4) is 0 Å². The first-order valence-electron chi connectivity index (χ1n) is 11.1. The van der Waals surface area contributed by atoms with Gasteiger partial charge < -0.3 is 14.8 Å². The van der Waals surface area contributed by atoms with E-state index in [1.807, 2.05) is 62.4 Å². The quantitative estimate of drug-likeness (QED) is 0.340. The SMILES string of the molecule is Cc1ccc(C2(c3ccc(C)cc3)NC(=O)N(Cc3cc([N+](=O)[O-])cc4c3OCOC4)C2=O)cc1. The van der Waals surface area contributed by atoms with Crippen molar-refractivity contribution in [1.29, 1.82) is 0 Å². The highest BCUT2D eigenvalue weighted by atomic mass is 16.7. The summed E-state index contributed by atoms with van der Waals surface area (Å²) >= 11 is 0. The van der Waals surface area contributed by atoms with Crippen LogP contribution in [0.15, 0.2) is 60.7 Å². The average molecular weight is 473 g/mol. The predicted molar refractivity (Wildman–Crippen MR) is 126 cm³/mol. The first kappa shape index (κ1) is 22.5. The molecular weight excluding hydrogens is 450 g/mol. The lowest BCUT2D eigenvalue weighted by molar-refractivity contribution is -0.385. The molecule has 35 heavy (non-hydrogen) atoms. The smallest absolute Gasteiger partial charge is 0.325 e. The number of nitrogens with zero attached hydrogens (tertiary/aromatic N) is 2. The Hall–Kier alpha value is -4.24. The summed E-state index contributed by atoms with van der Waals surface area (Å²) in [6, 6.07) is 17.0. The number of imide groups is 1. The number of hydrogen-bond donors (Lipinski definition) is 1.